The minimum absolute atomic E-state index is 0.0941. The second kappa shape index (κ2) is 8.78. The summed E-state index contributed by atoms with van der Waals surface area (Å²) in [5.41, 5.74) is 2.91. The zero-order valence-electron chi connectivity index (χ0n) is 16.5. The molecular weight excluding hydrogens is 356 g/mol. The summed E-state index contributed by atoms with van der Waals surface area (Å²) in [6, 6.07) is 13.2. The topological polar surface area (TPSA) is 76.7 Å². The number of ether oxygens (including phenoxy) is 2. The predicted octanol–water partition coefficient (Wildman–Crippen LogP) is 3.08. The molecule has 0 spiro atoms. The van der Waals surface area contributed by atoms with Gasteiger partial charge >= 0.3 is 0 Å². The number of nitrogens with one attached hydrogen (secondary N) is 2. The summed E-state index contributed by atoms with van der Waals surface area (Å²) in [6.45, 7) is 4.70. The second-order valence-corrected chi connectivity index (χ2v) is 7.07. The molecule has 2 unspecified atom stereocenters. The molecule has 1 aliphatic carbocycles. The molecule has 1 aliphatic rings. The van der Waals surface area contributed by atoms with Crippen LogP contribution in [-0.4, -0.2) is 32.1 Å². The Kier molecular flexibility index (Phi) is 6.19. The van der Waals surface area contributed by atoms with Crippen molar-refractivity contribution in [3.8, 4) is 11.5 Å². The van der Waals surface area contributed by atoms with Gasteiger partial charge < -0.3 is 20.1 Å². The van der Waals surface area contributed by atoms with Crippen molar-refractivity contribution in [2.45, 2.75) is 20.3 Å². The number of carbonyl (C=O) groups excluding carboxylic acids is 2. The van der Waals surface area contributed by atoms with E-state index < -0.39 is 0 Å². The van der Waals surface area contributed by atoms with Gasteiger partial charge in [-0.3, -0.25) is 9.59 Å². The molecule has 1 fully saturated rings. The fraction of sp³-hybridized carbons (Fsp3) is 0.364. The number of anilines is 1. The highest BCUT2D eigenvalue weighted by atomic mass is 16.5. The summed E-state index contributed by atoms with van der Waals surface area (Å²) >= 11 is 0. The summed E-state index contributed by atoms with van der Waals surface area (Å²) in [4.78, 5) is 24.6. The van der Waals surface area contributed by atoms with Crippen LogP contribution in [0.25, 0.3) is 0 Å². The molecule has 2 amide bonds. The number of aryl methyl sites for hydroxylation is 2. The SMILES string of the molecule is COc1ccc(OCCNC(=O)C2CC2C(=O)Nc2cc(C)ccc2C)cc1. The lowest BCUT2D eigenvalue weighted by molar-refractivity contribution is -0.125. The molecule has 0 aliphatic heterocycles. The number of amides is 2. The molecule has 0 saturated heterocycles. The van der Waals surface area contributed by atoms with Gasteiger partial charge in [-0.15, -0.1) is 0 Å². The van der Waals surface area contributed by atoms with Crippen molar-refractivity contribution in [3.05, 3.63) is 53.6 Å². The minimum atomic E-state index is -0.262. The van der Waals surface area contributed by atoms with Crippen molar-refractivity contribution in [1.29, 1.82) is 0 Å². The summed E-state index contributed by atoms with van der Waals surface area (Å²) in [6.07, 6.45) is 0.585. The highest BCUT2D eigenvalue weighted by Crippen LogP contribution is 2.39. The van der Waals surface area contributed by atoms with E-state index in [-0.39, 0.29) is 23.7 Å². The zero-order chi connectivity index (χ0) is 20.1. The Bertz CT molecular complexity index is 848. The molecule has 1 saturated carbocycles. The summed E-state index contributed by atoms with van der Waals surface area (Å²) in [5, 5.41) is 5.78. The lowest BCUT2D eigenvalue weighted by atomic mass is 10.1. The van der Waals surface area contributed by atoms with E-state index in [0.717, 1.165) is 22.6 Å². The van der Waals surface area contributed by atoms with Gasteiger partial charge in [0.25, 0.3) is 0 Å². The Labute approximate surface area is 165 Å². The quantitative estimate of drug-likeness (QED) is 0.688. The zero-order valence-corrected chi connectivity index (χ0v) is 16.5. The molecule has 2 atom stereocenters. The van der Waals surface area contributed by atoms with Gasteiger partial charge in [-0.25, -0.2) is 0 Å². The number of benzene rings is 2. The van der Waals surface area contributed by atoms with Gasteiger partial charge in [0, 0.05) is 5.69 Å². The molecular formula is C22H26N2O4. The molecule has 0 heterocycles. The third-order valence-electron chi connectivity index (χ3n) is 4.84. The Morgan fingerprint density at radius 1 is 1.00 bits per heavy atom. The van der Waals surface area contributed by atoms with Crippen molar-refractivity contribution in [3.63, 3.8) is 0 Å². The lowest BCUT2D eigenvalue weighted by Gasteiger charge is -2.10. The van der Waals surface area contributed by atoms with Gasteiger partial charge in [0.15, 0.2) is 0 Å². The average molecular weight is 382 g/mol. The molecule has 6 nitrogen and oxygen atoms in total. The van der Waals surface area contributed by atoms with Crippen molar-refractivity contribution in [2.75, 3.05) is 25.6 Å². The van der Waals surface area contributed by atoms with E-state index in [0.29, 0.717) is 25.3 Å². The van der Waals surface area contributed by atoms with Gasteiger partial charge in [-0.05, 0) is 61.7 Å². The van der Waals surface area contributed by atoms with Crippen LogP contribution in [0.5, 0.6) is 11.5 Å². The van der Waals surface area contributed by atoms with Gasteiger partial charge in [0.2, 0.25) is 11.8 Å². The lowest BCUT2D eigenvalue weighted by Crippen LogP contribution is -2.31. The maximum atomic E-state index is 12.4. The Morgan fingerprint density at radius 3 is 2.39 bits per heavy atom. The van der Waals surface area contributed by atoms with E-state index in [1.165, 1.54) is 0 Å². The smallest absolute Gasteiger partial charge is 0.228 e. The van der Waals surface area contributed by atoms with Gasteiger partial charge in [0.1, 0.15) is 18.1 Å². The average Bonchev–Trinajstić information content (AvgIpc) is 3.49. The minimum Gasteiger partial charge on any atom is -0.497 e. The second-order valence-electron chi connectivity index (χ2n) is 7.07. The standard InChI is InChI=1S/C22H26N2O4/c1-14-4-5-15(2)20(12-14)24-22(26)19-13-18(19)21(25)23-10-11-28-17-8-6-16(27-3)7-9-17/h4-9,12,18-19H,10-11,13H2,1-3H3,(H,23,25)(H,24,26). The highest BCUT2D eigenvalue weighted by Gasteiger charge is 2.47. The predicted molar refractivity (Wildman–Crippen MR) is 108 cm³/mol. The first kappa shape index (κ1) is 19.7. The van der Waals surface area contributed by atoms with Crippen molar-refractivity contribution in [1.82, 2.24) is 5.32 Å². The molecule has 2 aromatic rings. The van der Waals surface area contributed by atoms with E-state index >= 15 is 0 Å². The Hall–Kier alpha value is -3.02. The molecule has 2 aromatic carbocycles. The molecule has 6 heteroatoms. The maximum absolute atomic E-state index is 12.4. The number of methoxy groups -OCH3 is 1. The van der Waals surface area contributed by atoms with Crippen LogP contribution in [0.2, 0.25) is 0 Å². The van der Waals surface area contributed by atoms with Crippen LogP contribution in [0, 0.1) is 25.7 Å². The van der Waals surface area contributed by atoms with E-state index in [9.17, 15) is 9.59 Å². The normalized spacial score (nSPS) is 17.5. The van der Waals surface area contributed by atoms with Gasteiger partial charge in [-0.1, -0.05) is 12.1 Å². The van der Waals surface area contributed by atoms with E-state index in [1.54, 1.807) is 7.11 Å². The highest BCUT2D eigenvalue weighted by molar-refractivity contribution is 5.99. The van der Waals surface area contributed by atoms with Crippen LogP contribution in [0.1, 0.15) is 17.5 Å². The van der Waals surface area contributed by atoms with Crippen LogP contribution >= 0.6 is 0 Å². The van der Waals surface area contributed by atoms with Crippen molar-refractivity contribution in [2.24, 2.45) is 11.8 Å². The molecule has 0 bridgehead atoms. The number of hydrogen-bond donors (Lipinski definition) is 2. The number of carbonyl (C=O) groups is 2. The van der Waals surface area contributed by atoms with Crippen LogP contribution in [0.3, 0.4) is 0 Å². The largest absolute Gasteiger partial charge is 0.497 e. The Morgan fingerprint density at radius 2 is 1.68 bits per heavy atom. The third-order valence-corrected chi connectivity index (χ3v) is 4.84. The molecule has 0 radical (unpaired) electrons. The van der Waals surface area contributed by atoms with Gasteiger partial charge in [-0.2, -0.15) is 0 Å². The van der Waals surface area contributed by atoms with Crippen LogP contribution < -0.4 is 20.1 Å². The van der Waals surface area contributed by atoms with Crippen LogP contribution in [0.15, 0.2) is 42.5 Å². The molecule has 0 aromatic heterocycles. The summed E-state index contributed by atoms with van der Waals surface area (Å²) < 4.78 is 10.7. The summed E-state index contributed by atoms with van der Waals surface area (Å²) in [5.74, 6) is 0.767. The fourth-order valence-electron chi connectivity index (χ4n) is 3.02. The first-order chi connectivity index (χ1) is 13.5. The van der Waals surface area contributed by atoms with Crippen molar-refractivity contribution >= 4 is 17.5 Å². The molecule has 148 valence electrons. The molecule has 28 heavy (non-hydrogen) atoms. The maximum Gasteiger partial charge on any atom is 0.228 e. The molecule has 2 N–H and O–H groups in total. The van der Waals surface area contributed by atoms with E-state index in [4.69, 9.17) is 9.47 Å². The number of rotatable bonds is 8. The summed E-state index contributed by atoms with van der Waals surface area (Å²) in [7, 11) is 1.61. The third kappa shape index (κ3) is 5.03. The Balaban J connectivity index is 1.39. The monoisotopic (exact) mass is 382 g/mol. The first-order valence-electron chi connectivity index (χ1n) is 9.40. The first-order valence-corrected chi connectivity index (χ1v) is 9.40. The molecule has 3 rings (SSSR count). The van der Waals surface area contributed by atoms with E-state index in [2.05, 4.69) is 10.6 Å². The van der Waals surface area contributed by atoms with Crippen LogP contribution in [-0.2, 0) is 9.59 Å². The van der Waals surface area contributed by atoms with Crippen LogP contribution in [0.4, 0.5) is 5.69 Å². The van der Waals surface area contributed by atoms with Gasteiger partial charge in [0.05, 0.1) is 25.5 Å². The fourth-order valence-corrected chi connectivity index (χ4v) is 3.02. The van der Waals surface area contributed by atoms with Crippen molar-refractivity contribution < 1.29 is 19.1 Å². The number of hydrogen-bond acceptors (Lipinski definition) is 4. The van der Waals surface area contributed by atoms with E-state index in [1.807, 2.05) is 56.3 Å².